The molecule has 0 fully saturated rings. The fraction of sp³-hybridized carbons (Fsp3) is 0.0769. The number of aromatic nitrogens is 1. The standard InChI is InChI=1S/C13H11FN2O2/c1-8-11(3-2-6-15-8)16-13(18)10-5-4-9(14)7-12(10)17/h2-7,17H,1H3,(H,16,18). The second-order valence-corrected chi connectivity index (χ2v) is 3.75. The number of carbonyl (C=O) groups is 1. The lowest BCUT2D eigenvalue weighted by Crippen LogP contribution is -2.13. The number of benzene rings is 1. The molecule has 0 saturated carbocycles. The Morgan fingerprint density at radius 1 is 1.39 bits per heavy atom. The van der Waals surface area contributed by atoms with Gasteiger partial charge < -0.3 is 10.4 Å². The first kappa shape index (κ1) is 12.0. The minimum atomic E-state index is -0.596. The van der Waals surface area contributed by atoms with Gasteiger partial charge in [-0.2, -0.15) is 0 Å². The zero-order chi connectivity index (χ0) is 13.1. The van der Waals surface area contributed by atoms with Crippen molar-refractivity contribution in [2.24, 2.45) is 0 Å². The summed E-state index contributed by atoms with van der Waals surface area (Å²) in [5, 5.41) is 12.1. The van der Waals surface area contributed by atoms with E-state index < -0.39 is 17.5 Å². The molecule has 92 valence electrons. The normalized spacial score (nSPS) is 10.1. The summed E-state index contributed by atoms with van der Waals surface area (Å²) in [6, 6.07) is 6.62. The maximum absolute atomic E-state index is 12.8. The average molecular weight is 246 g/mol. The van der Waals surface area contributed by atoms with E-state index in [4.69, 9.17) is 0 Å². The van der Waals surface area contributed by atoms with Gasteiger partial charge in [-0.25, -0.2) is 4.39 Å². The van der Waals surface area contributed by atoms with Crippen LogP contribution in [0, 0.1) is 12.7 Å². The van der Waals surface area contributed by atoms with Crippen LogP contribution < -0.4 is 5.32 Å². The van der Waals surface area contributed by atoms with Gasteiger partial charge in [0.25, 0.3) is 5.91 Å². The number of hydrogen-bond donors (Lipinski definition) is 2. The summed E-state index contributed by atoms with van der Waals surface area (Å²) in [7, 11) is 0. The molecule has 1 aromatic carbocycles. The summed E-state index contributed by atoms with van der Waals surface area (Å²) >= 11 is 0. The Kier molecular flexibility index (Phi) is 3.23. The Bertz CT molecular complexity index is 599. The number of hydrogen-bond acceptors (Lipinski definition) is 3. The number of amides is 1. The van der Waals surface area contributed by atoms with E-state index in [-0.39, 0.29) is 5.56 Å². The minimum Gasteiger partial charge on any atom is -0.507 e. The number of aromatic hydroxyl groups is 1. The zero-order valence-electron chi connectivity index (χ0n) is 9.64. The van der Waals surface area contributed by atoms with Crippen LogP contribution in [0.1, 0.15) is 16.1 Å². The first-order valence-electron chi connectivity index (χ1n) is 5.29. The molecule has 2 aromatic rings. The second kappa shape index (κ2) is 4.83. The van der Waals surface area contributed by atoms with Gasteiger partial charge in [0.15, 0.2) is 0 Å². The third-order valence-electron chi connectivity index (χ3n) is 2.46. The first-order chi connectivity index (χ1) is 8.58. The van der Waals surface area contributed by atoms with Crippen LogP contribution in [0.5, 0.6) is 5.75 Å². The van der Waals surface area contributed by atoms with E-state index in [9.17, 15) is 14.3 Å². The molecule has 0 spiro atoms. The van der Waals surface area contributed by atoms with Gasteiger partial charge in [-0.05, 0) is 31.2 Å². The van der Waals surface area contributed by atoms with Crippen molar-refractivity contribution in [2.75, 3.05) is 5.32 Å². The summed E-state index contributed by atoms with van der Waals surface area (Å²) in [4.78, 5) is 15.9. The third kappa shape index (κ3) is 2.45. The van der Waals surface area contributed by atoms with Crippen LogP contribution in [0.15, 0.2) is 36.5 Å². The van der Waals surface area contributed by atoms with Crippen molar-refractivity contribution >= 4 is 11.6 Å². The Labute approximate surface area is 103 Å². The predicted molar refractivity (Wildman–Crippen MR) is 65.0 cm³/mol. The van der Waals surface area contributed by atoms with Gasteiger partial charge in [-0.1, -0.05) is 0 Å². The Balaban J connectivity index is 2.25. The number of carbonyl (C=O) groups excluding carboxylic acids is 1. The molecule has 4 nitrogen and oxygen atoms in total. The number of anilines is 1. The van der Waals surface area contributed by atoms with E-state index in [0.29, 0.717) is 11.4 Å². The van der Waals surface area contributed by atoms with Crippen LogP contribution in [0.2, 0.25) is 0 Å². The van der Waals surface area contributed by atoms with E-state index in [1.807, 2.05) is 0 Å². The molecule has 1 heterocycles. The molecule has 0 atom stereocenters. The molecule has 18 heavy (non-hydrogen) atoms. The van der Waals surface area contributed by atoms with Crippen LogP contribution in [-0.4, -0.2) is 16.0 Å². The Morgan fingerprint density at radius 3 is 2.83 bits per heavy atom. The Hall–Kier alpha value is -2.43. The second-order valence-electron chi connectivity index (χ2n) is 3.75. The molecule has 2 N–H and O–H groups in total. The smallest absolute Gasteiger partial charge is 0.259 e. The molecule has 0 aliphatic carbocycles. The zero-order valence-corrected chi connectivity index (χ0v) is 9.64. The van der Waals surface area contributed by atoms with Gasteiger partial charge in [0.1, 0.15) is 11.6 Å². The van der Waals surface area contributed by atoms with Gasteiger partial charge in [0.05, 0.1) is 16.9 Å². The molecular formula is C13H11FN2O2. The summed E-state index contributed by atoms with van der Waals surface area (Å²) in [6.07, 6.45) is 1.61. The molecule has 0 bridgehead atoms. The van der Waals surface area contributed by atoms with Crippen molar-refractivity contribution in [3.8, 4) is 5.75 Å². The van der Waals surface area contributed by atoms with Crippen molar-refractivity contribution in [3.63, 3.8) is 0 Å². The van der Waals surface area contributed by atoms with Crippen LogP contribution in [-0.2, 0) is 0 Å². The predicted octanol–water partition coefficient (Wildman–Crippen LogP) is 2.49. The molecule has 5 heteroatoms. The highest BCUT2D eigenvalue weighted by Crippen LogP contribution is 2.20. The van der Waals surface area contributed by atoms with Crippen LogP contribution >= 0.6 is 0 Å². The molecule has 0 aliphatic rings. The summed E-state index contributed by atoms with van der Waals surface area (Å²) in [5.74, 6) is -1.50. The highest BCUT2D eigenvalue weighted by Gasteiger charge is 2.12. The number of rotatable bonds is 2. The van der Waals surface area contributed by atoms with Gasteiger partial charge in [0.2, 0.25) is 0 Å². The Morgan fingerprint density at radius 2 is 2.17 bits per heavy atom. The SMILES string of the molecule is Cc1ncccc1NC(=O)c1ccc(F)cc1O. The highest BCUT2D eigenvalue weighted by molar-refractivity contribution is 6.06. The topological polar surface area (TPSA) is 62.2 Å². The monoisotopic (exact) mass is 246 g/mol. The quantitative estimate of drug-likeness (QED) is 0.855. The fourth-order valence-corrected chi connectivity index (χ4v) is 1.50. The van der Waals surface area contributed by atoms with Crippen LogP contribution in [0.25, 0.3) is 0 Å². The van der Waals surface area contributed by atoms with Gasteiger partial charge >= 0.3 is 0 Å². The van der Waals surface area contributed by atoms with E-state index in [1.54, 1.807) is 25.3 Å². The van der Waals surface area contributed by atoms with Crippen molar-refractivity contribution in [1.29, 1.82) is 0 Å². The first-order valence-corrected chi connectivity index (χ1v) is 5.29. The maximum Gasteiger partial charge on any atom is 0.259 e. The number of aryl methyl sites for hydroxylation is 1. The highest BCUT2D eigenvalue weighted by atomic mass is 19.1. The number of phenols is 1. The lowest BCUT2D eigenvalue weighted by Gasteiger charge is -2.08. The number of nitrogens with one attached hydrogen (secondary N) is 1. The number of halogens is 1. The molecule has 2 rings (SSSR count). The lowest BCUT2D eigenvalue weighted by atomic mass is 10.1. The van der Waals surface area contributed by atoms with Gasteiger partial charge in [-0.3, -0.25) is 9.78 Å². The molecule has 0 saturated heterocycles. The third-order valence-corrected chi connectivity index (χ3v) is 2.46. The summed E-state index contributed by atoms with van der Waals surface area (Å²) in [5.41, 5.74) is 1.22. The van der Waals surface area contributed by atoms with E-state index in [0.717, 1.165) is 12.1 Å². The largest absolute Gasteiger partial charge is 0.507 e. The molecule has 1 aromatic heterocycles. The average Bonchev–Trinajstić information content (AvgIpc) is 2.32. The molecular weight excluding hydrogens is 235 g/mol. The molecule has 1 amide bonds. The van der Waals surface area contributed by atoms with E-state index in [1.165, 1.54) is 6.07 Å². The maximum atomic E-state index is 12.8. The van der Waals surface area contributed by atoms with Crippen molar-refractivity contribution in [3.05, 3.63) is 53.6 Å². The van der Waals surface area contributed by atoms with E-state index >= 15 is 0 Å². The molecule has 0 unspecified atom stereocenters. The summed E-state index contributed by atoms with van der Waals surface area (Å²) < 4.78 is 12.8. The van der Waals surface area contributed by atoms with Gasteiger partial charge in [-0.15, -0.1) is 0 Å². The number of nitrogens with zero attached hydrogens (tertiary/aromatic N) is 1. The number of pyridine rings is 1. The minimum absolute atomic E-state index is 0.0136. The van der Waals surface area contributed by atoms with Crippen LogP contribution in [0.3, 0.4) is 0 Å². The molecule has 0 radical (unpaired) electrons. The summed E-state index contributed by atoms with van der Waals surface area (Å²) in [6.45, 7) is 1.75. The number of phenolic OH excluding ortho intramolecular Hbond substituents is 1. The van der Waals surface area contributed by atoms with Crippen molar-refractivity contribution in [1.82, 2.24) is 4.98 Å². The van der Waals surface area contributed by atoms with Crippen LogP contribution in [0.4, 0.5) is 10.1 Å². The van der Waals surface area contributed by atoms with Crippen molar-refractivity contribution in [2.45, 2.75) is 6.92 Å². The molecule has 0 aliphatic heterocycles. The van der Waals surface area contributed by atoms with Crippen molar-refractivity contribution < 1.29 is 14.3 Å². The van der Waals surface area contributed by atoms with Gasteiger partial charge in [0, 0.05) is 12.3 Å². The van der Waals surface area contributed by atoms with E-state index in [2.05, 4.69) is 10.3 Å². The fourth-order valence-electron chi connectivity index (χ4n) is 1.50. The lowest BCUT2D eigenvalue weighted by molar-refractivity contribution is 0.102.